The average molecular weight is 235 g/mol. The van der Waals surface area contributed by atoms with Gasteiger partial charge in [0.15, 0.2) is 0 Å². The van der Waals surface area contributed by atoms with E-state index in [0.29, 0.717) is 0 Å². The number of hydrogen-bond acceptors (Lipinski definition) is 2. The summed E-state index contributed by atoms with van der Waals surface area (Å²) in [5.74, 6) is -1.03. The highest BCUT2D eigenvalue weighted by atomic mass is 19.1. The van der Waals surface area contributed by atoms with Gasteiger partial charge in [0, 0.05) is 5.56 Å². The monoisotopic (exact) mass is 235 g/mol. The van der Waals surface area contributed by atoms with Crippen molar-refractivity contribution in [3.05, 3.63) is 65.5 Å². The van der Waals surface area contributed by atoms with E-state index in [4.69, 9.17) is 0 Å². The van der Waals surface area contributed by atoms with Crippen molar-refractivity contribution in [2.75, 3.05) is 0 Å². The molecular formula is C13H11F2NO. The van der Waals surface area contributed by atoms with Gasteiger partial charge < -0.3 is 5.11 Å². The van der Waals surface area contributed by atoms with E-state index in [1.54, 1.807) is 6.07 Å². The third kappa shape index (κ3) is 2.17. The minimum Gasteiger partial charge on any atom is -0.379 e. The van der Waals surface area contributed by atoms with Crippen molar-refractivity contribution in [1.29, 1.82) is 0 Å². The second kappa shape index (κ2) is 4.22. The standard InChI is InChI=1S/C13H11F2NO/c1-13(17,10-4-2-3-5-11(10)15)12-7-6-9(14)8-16-12/h2-8,17H,1H3. The molecule has 1 aromatic carbocycles. The molecule has 2 rings (SSSR count). The Labute approximate surface area is 97.6 Å². The molecule has 1 N–H and O–H groups in total. The molecule has 1 atom stereocenters. The van der Waals surface area contributed by atoms with Crippen LogP contribution in [0.3, 0.4) is 0 Å². The molecule has 0 aliphatic carbocycles. The Morgan fingerprint density at radius 3 is 2.41 bits per heavy atom. The summed E-state index contributed by atoms with van der Waals surface area (Å²) in [5, 5.41) is 10.3. The van der Waals surface area contributed by atoms with Crippen LogP contribution in [0.1, 0.15) is 18.2 Å². The van der Waals surface area contributed by atoms with Crippen molar-refractivity contribution >= 4 is 0 Å². The highest BCUT2D eigenvalue weighted by molar-refractivity contribution is 5.32. The van der Waals surface area contributed by atoms with Crippen molar-refractivity contribution in [1.82, 2.24) is 4.98 Å². The number of hydrogen-bond donors (Lipinski definition) is 1. The summed E-state index contributed by atoms with van der Waals surface area (Å²) in [5.41, 5.74) is -1.28. The lowest BCUT2D eigenvalue weighted by Crippen LogP contribution is -2.25. The molecule has 0 aliphatic heterocycles. The van der Waals surface area contributed by atoms with E-state index >= 15 is 0 Å². The van der Waals surface area contributed by atoms with Gasteiger partial charge in [0.25, 0.3) is 0 Å². The fourth-order valence-electron chi connectivity index (χ4n) is 1.66. The highest BCUT2D eigenvalue weighted by Gasteiger charge is 2.29. The van der Waals surface area contributed by atoms with Crippen molar-refractivity contribution < 1.29 is 13.9 Å². The van der Waals surface area contributed by atoms with Gasteiger partial charge in [-0.2, -0.15) is 0 Å². The van der Waals surface area contributed by atoms with Crippen LogP contribution in [0.2, 0.25) is 0 Å². The Hall–Kier alpha value is -1.81. The molecule has 0 fully saturated rings. The molecule has 4 heteroatoms. The Balaban J connectivity index is 2.49. The van der Waals surface area contributed by atoms with Crippen LogP contribution in [0, 0.1) is 11.6 Å². The van der Waals surface area contributed by atoms with Gasteiger partial charge in [-0.15, -0.1) is 0 Å². The number of pyridine rings is 1. The minimum atomic E-state index is -1.58. The van der Waals surface area contributed by atoms with Gasteiger partial charge >= 0.3 is 0 Å². The Morgan fingerprint density at radius 2 is 1.82 bits per heavy atom. The zero-order chi connectivity index (χ0) is 12.5. The Morgan fingerprint density at radius 1 is 1.12 bits per heavy atom. The Bertz CT molecular complexity index is 523. The van der Waals surface area contributed by atoms with Crippen molar-refractivity contribution in [2.24, 2.45) is 0 Å². The number of nitrogens with zero attached hydrogens (tertiary/aromatic N) is 1. The molecular weight excluding hydrogens is 224 g/mol. The van der Waals surface area contributed by atoms with E-state index in [9.17, 15) is 13.9 Å². The first-order chi connectivity index (χ1) is 8.01. The van der Waals surface area contributed by atoms with Crippen molar-refractivity contribution in [3.8, 4) is 0 Å². The van der Waals surface area contributed by atoms with Crippen LogP contribution in [0.15, 0.2) is 42.6 Å². The van der Waals surface area contributed by atoms with Gasteiger partial charge in [0.05, 0.1) is 11.9 Å². The zero-order valence-electron chi connectivity index (χ0n) is 9.19. The second-order valence-corrected chi connectivity index (χ2v) is 3.91. The van der Waals surface area contributed by atoms with Gasteiger partial charge in [-0.05, 0) is 25.1 Å². The third-order valence-corrected chi connectivity index (χ3v) is 2.62. The molecule has 0 spiro atoms. The molecule has 0 aliphatic rings. The van der Waals surface area contributed by atoms with Gasteiger partial charge in [0.2, 0.25) is 0 Å². The number of rotatable bonds is 2. The fourth-order valence-corrected chi connectivity index (χ4v) is 1.66. The lowest BCUT2D eigenvalue weighted by molar-refractivity contribution is 0.0931. The topological polar surface area (TPSA) is 33.1 Å². The molecule has 0 radical (unpaired) electrons. The molecule has 88 valence electrons. The van der Waals surface area contributed by atoms with Crippen LogP contribution in [-0.2, 0) is 5.60 Å². The summed E-state index contributed by atoms with van der Waals surface area (Å²) in [4.78, 5) is 3.78. The van der Waals surface area contributed by atoms with Gasteiger partial charge in [0.1, 0.15) is 17.2 Å². The smallest absolute Gasteiger partial charge is 0.141 e. The number of aliphatic hydroxyl groups is 1. The quantitative estimate of drug-likeness (QED) is 0.868. The second-order valence-electron chi connectivity index (χ2n) is 3.91. The van der Waals surface area contributed by atoms with Crippen molar-refractivity contribution in [2.45, 2.75) is 12.5 Å². The molecule has 2 nitrogen and oxygen atoms in total. The number of benzene rings is 1. The van der Waals surface area contributed by atoms with Crippen LogP contribution in [0.25, 0.3) is 0 Å². The number of halogens is 2. The van der Waals surface area contributed by atoms with Gasteiger partial charge in [-0.1, -0.05) is 18.2 Å². The van der Waals surface area contributed by atoms with Crippen LogP contribution in [0.5, 0.6) is 0 Å². The SMILES string of the molecule is CC(O)(c1ccc(F)cn1)c1ccccc1F. The highest BCUT2D eigenvalue weighted by Crippen LogP contribution is 2.29. The van der Waals surface area contributed by atoms with E-state index in [0.717, 1.165) is 6.20 Å². The van der Waals surface area contributed by atoms with E-state index < -0.39 is 17.2 Å². The molecule has 1 unspecified atom stereocenters. The first-order valence-electron chi connectivity index (χ1n) is 5.11. The molecule has 0 saturated heterocycles. The summed E-state index contributed by atoms with van der Waals surface area (Å²) in [6.45, 7) is 1.42. The van der Waals surface area contributed by atoms with Crippen molar-refractivity contribution in [3.63, 3.8) is 0 Å². The van der Waals surface area contributed by atoms with Crippen LogP contribution < -0.4 is 0 Å². The molecule has 1 heterocycles. The lowest BCUT2D eigenvalue weighted by Gasteiger charge is -2.23. The maximum Gasteiger partial charge on any atom is 0.141 e. The normalized spacial score (nSPS) is 14.4. The summed E-state index contributed by atoms with van der Waals surface area (Å²) in [6, 6.07) is 8.40. The first-order valence-corrected chi connectivity index (χ1v) is 5.11. The van der Waals surface area contributed by atoms with Gasteiger partial charge in [-0.25, -0.2) is 8.78 Å². The van der Waals surface area contributed by atoms with Gasteiger partial charge in [-0.3, -0.25) is 4.98 Å². The summed E-state index contributed by atoms with van der Waals surface area (Å²) < 4.78 is 26.3. The molecule has 17 heavy (non-hydrogen) atoms. The van der Waals surface area contributed by atoms with Crippen LogP contribution in [-0.4, -0.2) is 10.1 Å². The molecule has 0 bridgehead atoms. The largest absolute Gasteiger partial charge is 0.379 e. The summed E-state index contributed by atoms with van der Waals surface area (Å²) in [6.07, 6.45) is 0.991. The summed E-state index contributed by atoms with van der Waals surface area (Å²) >= 11 is 0. The Kier molecular flexibility index (Phi) is 2.90. The minimum absolute atomic E-state index is 0.110. The molecule has 2 aromatic rings. The van der Waals surface area contributed by atoms with Crippen LogP contribution >= 0.6 is 0 Å². The average Bonchev–Trinajstić information content (AvgIpc) is 2.30. The first kappa shape index (κ1) is 11.7. The zero-order valence-corrected chi connectivity index (χ0v) is 9.19. The maximum atomic E-state index is 13.6. The third-order valence-electron chi connectivity index (χ3n) is 2.62. The predicted molar refractivity (Wildman–Crippen MR) is 59.3 cm³/mol. The van der Waals surface area contributed by atoms with E-state index in [1.165, 1.54) is 37.3 Å². The number of aromatic nitrogens is 1. The van der Waals surface area contributed by atoms with E-state index in [1.807, 2.05) is 0 Å². The van der Waals surface area contributed by atoms with E-state index in [-0.39, 0.29) is 11.3 Å². The summed E-state index contributed by atoms with van der Waals surface area (Å²) in [7, 11) is 0. The van der Waals surface area contributed by atoms with E-state index in [2.05, 4.69) is 4.98 Å². The molecule has 0 amide bonds. The molecule has 1 aromatic heterocycles. The lowest BCUT2D eigenvalue weighted by atomic mass is 9.91. The molecule has 0 saturated carbocycles. The fraction of sp³-hybridized carbons (Fsp3) is 0.154. The van der Waals surface area contributed by atoms with Crippen LogP contribution in [0.4, 0.5) is 8.78 Å². The maximum absolute atomic E-state index is 13.6. The predicted octanol–water partition coefficient (Wildman–Crippen LogP) is 2.62.